The Hall–Kier alpha value is -2.12. The molecule has 1 atom stereocenters. The molecule has 0 radical (unpaired) electrons. The quantitative estimate of drug-likeness (QED) is 0.390. The van der Waals surface area contributed by atoms with Gasteiger partial charge in [0.25, 0.3) is 5.56 Å². The van der Waals surface area contributed by atoms with Gasteiger partial charge in [0.2, 0.25) is 5.89 Å². The maximum Gasteiger partial charge on any atom is 0.262 e. The standard InChI is InChI=1S/C16H15ClN4O2S/c1-4-7-21-15(22)12-6-5-11(17)8-13(12)19-16(21)24-9(2)14-18-10(3)20-23-14/h4-6,8-9H,1,7H2,2-3H3. The fraction of sp³-hybridized carbons (Fsp3) is 0.250. The molecule has 0 amide bonds. The Labute approximate surface area is 147 Å². The molecule has 0 aliphatic rings. The molecule has 24 heavy (non-hydrogen) atoms. The normalized spacial score (nSPS) is 12.5. The van der Waals surface area contributed by atoms with Gasteiger partial charge >= 0.3 is 0 Å². The summed E-state index contributed by atoms with van der Waals surface area (Å²) in [6, 6.07) is 5.05. The van der Waals surface area contributed by atoms with Gasteiger partial charge in [-0.3, -0.25) is 9.36 Å². The number of aryl methyl sites for hydroxylation is 1. The first-order chi connectivity index (χ1) is 11.5. The predicted octanol–water partition coefficient (Wildman–Crippen LogP) is 3.78. The van der Waals surface area contributed by atoms with Crippen LogP contribution in [-0.4, -0.2) is 19.7 Å². The Kier molecular flexibility index (Phi) is 4.73. The van der Waals surface area contributed by atoms with Crippen LogP contribution in [0.1, 0.15) is 23.9 Å². The first-order valence-corrected chi connectivity index (χ1v) is 8.53. The minimum absolute atomic E-state index is 0.132. The van der Waals surface area contributed by atoms with Crippen LogP contribution in [0.3, 0.4) is 0 Å². The van der Waals surface area contributed by atoms with Gasteiger partial charge in [0, 0.05) is 11.6 Å². The number of thioether (sulfide) groups is 1. The van der Waals surface area contributed by atoms with E-state index in [1.54, 1.807) is 35.8 Å². The summed E-state index contributed by atoms with van der Waals surface area (Å²) in [6.07, 6.45) is 1.66. The molecule has 0 aliphatic carbocycles. The van der Waals surface area contributed by atoms with Crippen LogP contribution < -0.4 is 5.56 Å². The summed E-state index contributed by atoms with van der Waals surface area (Å²) in [7, 11) is 0. The van der Waals surface area contributed by atoms with Gasteiger partial charge in [0.05, 0.1) is 16.2 Å². The van der Waals surface area contributed by atoms with Crippen LogP contribution in [0.15, 0.2) is 45.3 Å². The van der Waals surface area contributed by atoms with E-state index in [9.17, 15) is 4.79 Å². The van der Waals surface area contributed by atoms with E-state index in [4.69, 9.17) is 16.1 Å². The molecule has 2 heterocycles. The molecule has 2 aromatic heterocycles. The molecular weight excluding hydrogens is 348 g/mol. The summed E-state index contributed by atoms with van der Waals surface area (Å²) in [6.45, 7) is 7.76. The first kappa shape index (κ1) is 16.7. The second-order valence-corrected chi connectivity index (χ2v) is 6.94. The van der Waals surface area contributed by atoms with Crippen LogP contribution >= 0.6 is 23.4 Å². The van der Waals surface area contributed by atoms with Crippen molar-refractivity contribution in [3.63, 3.8) is 0 Å². The molecule has 0 aliphatic heterocycles. The van der Waals surface area contributed by atoms with E-state index >= 15 is 0 Å². The zero-order chi connectivity index (χ0) is 17.3. The van der Waals surface area contributed by atoms with Gasteiger partial charge in [0.1, 0.15) is 0 Å². The van der Waals surface area contributed by atoms with Crippen LogP contribution in [-0.2, 0) is 6.54 Å². The third-order valence-corrected chi connectivity index (χ3v) is 4.68. The first-order valence-electron chi connectivity index (χ1n) is 7.27. The fourth-order valence-corrected chi connectivity index (χ4v) is 3.36. The average Bonchev–Trinajstić information content (AvgIpc) is 2.97. The molecule has 1 unspecified atom stereocenters. The maximum atomic E-state index is 12.7. The highest BCUT2D eigenvalue weighted by molar-refractivity contribution is 7.99. The lowest BCUT2D eigenvalue weighted by atomic mass is 10.2. The third-order valence-electron chi connectivity index (χ3n) is 3.37. The number of allylic oxidation sites excluding steroid dienone is 1. The van der Waals surface area contributed by atoms with E-state index in [0.717, 1.165) is 0 Å². The summed E-state index contributed by atoms with van der Waals surface area (Å²) in [5.41, 5.74) is 0.428. The summed E-state index contributed by atoms with van der Waals surface area (Å²) in [5.74, 6) is 1.06. The van der Waals surface area contributed by atoms with Gasteiger partial charge in [-0.15, -0.1) is 6.58 Å². The number of fused-ring (bicyclic) bond motifs is 1. The highest BCUT2D eigenvalue weighted by atomic mass is 35.5. The number of benzene rings is 1. The van der Waals surface area contributed by atoms with Crippen molar-refractivity contribution in [2.75, 3.05) is 0 Å². The highest BCUT2D eigenvalue weighted by Gasteiger charge is 2.19. The smallest absolute Gasteiger partial charge is 0.262 e. The minimum atomic E-state index is -0.147. The Morgan fingerprint density at radius 1 is 1.46 bits per heavy atom. The van der Waals surface area contributed by atoms with E-state index in [-0.39, 0.29) is 10.8 Å². The lowest BCUT2D eigenvalue weighted by molar-refractivity contribution is 0.376. The molecule has 1 aromatic carbocycles. The predicted molar refractivity (Wildman–Crippen MR) is 94.5 cm³/mol. The molecule has 6 nitrogen and oxygen atoms in total. The molecule has 3 aromatic rings. The molecule has 0 saturated heterocycles. The van der Waals surface area contributed by atoms with Gasteiger partial charge < -0.3 is 4.52 Å². The second kappa shape index (κ2) is 6.78. The maximum absolute atomic E-state index is 12.7. The number of halogens is 1. The van der Waals surface area contributed by atoms with Crippen molar-refractivity contribution >= 4 is 34.3 Å². The topological polar surface area (TPSA) is 73.8 Å². The van der Waals surface area contributed by atoms with Crippen molar-refractivity contribution in [2.24, 2.45) is 0 Å². The number of aromatic nitrogens is 4. The van der Waals surface area contributed by atoms with Crippen molar-refractivity contribution < 1.29 is 4.52 Å². The monoisotopic (exact) mass is 362 g/mol. The van der Waals surface area contributed by atoms with Crippen molar-refractivity contribution in [2.45, 2.75) is 30.8 Å². The summed E-state index contributed by atoms with van der Waals surface area (Å²) in [4.78, 5) is 21.6. The van der Waals surface area contributed by atoms with Crippen LogP contribution in [0, 0.1) is 6.92 Å². The molecule has 0 N–H and O–H groups in total. The van der Waals surface area contributed by atoms with Crippen molar-refractivity contribution in [1.29, 1.82) is 0 Å². The van der Waals surface area contributed by atoms with Crippen LogP contribution in [0.5, 0.6) is 0 Å². The Bertz CT molecular complexity index is 966. The largest absolute Gasteiger partial charge is 0.338 e. The van der Waals surface area contributed by atoms with E-state index in [0.29, 0.717) is 39.3 Å². The molecule has 0 saturated carbocycles. The molecule has 0 spiro atoms. The molecule has 8 heteroatoms. The van der Waals surface area contributed by atoms with E-state index < -0.39 is 0 Å². The second-order valence-electron chi connectivity index (χ2n) is 5.20. The zero-order valence-electron chi connectivity index (χ0n) is 13.2. The third kappa shape index (κ3) is 3.22. The fourth-order valence-electron chi connectivity index (χ4n) is 2.24. The molecule has 0 bridgehead atoms. The minimum Gasteiger partial charge on any atom is -0.338 e. The molecule has 124 valence electrons. The number of rotatable bonds is 5. The van der Waals surface area contributed by atoms with E-state index in [1.807, 2.05) is 6.92 Å². The summed E-state index contributed by atoms with van der Waals surface area (Å²) in [5, 5.41) is 5.26. The lowest BCUT2D eigenvalue weighted by Crippen LogP contribution is -2.23. The lowest BCUT2D eigenvalue weighted by Gasteiger charge is -2.13. The number of hydrogen-bond acceptors (Lipinski definition) is 6. The molecule has 3 rings (SSSR count). The molecule has 0 fully saturated rings. The van der Waals surface area contributed by atoms with Gasteiger partial charge in [-0.2, -0.15) is 4.98 Å². The Balaban J connectivity index is 2.09. The van der Waals surface area contributed by atoms with Gasteiger partial charge in [-0.05, 0) is 32.0 Å². The van der Waals surface area contributed by atoms with Gasteiger partial charge in [0.15, 0.2) is 11.0 Å². The Morgan fingerprint density at radius 2 is 2.25 bits per heavy atom. The summed E-state index contributed by atoms with van der Waals surface area (Å²) >= 11 is 7.40. The zero-order valence-corrected chi connectivity index (χ0v) is 14.8. The molecular formula is C16H15ClN4O2S. The van der Waals surface area contributed by atoms with Crippen LogP contribution in [0.4, 0.5) is 0 Å². The number of nitrogens with zero attached hydrogens (tertiary/aromatic N) is 4. The van der Waals surface area contributed by atoms with Crippen molar-refractivity contribution in [1.82, 2.24) is 19.7 Å². The van der Waals surface area contributed by atoms with Crippen molar-refractivity contribution in [3.05, 3.63) is 57.9 Å². The van der Waals surface area contributed by atoms with Crippen LogP contribution in [0.2, 0.25) is 5.02 Å². The number of hydrogen-bond donors (Lipinski definition) is 0. The van der Waals surface area contributed by atoms with E-state index in [2.05, 4.69) is 21.7 Å². The van der Waals surface area contributed by atoms with Crippen molar-refractivity contribution in [3.8, 4) is 0 Å². The van der Waals surface area contributed by atoms with Gasteiger partial charge in [-0.25, -0.2) is 4.98 Å². The van der Waals surface area contributed by atoms with E-state index in [1.165, 1.54) is 11.8 Å². The van der Waals surface area contributed by atoms with Crippen LogP contribution in [0.25, 0.3) is 10.9 Å². The SMILES string of the molecule is C=CCn1c(SC(C)c2nc(C)no2)nc2cc(Cl)ccc2c1=O. The Morgan fingerprint density at radius 3 is 2.92 bits per heavy atom. The average molecular weight is 363 g/mol. The van der Waals surface area contributed by atoms with Gasteiger partial charge in [-0.1, -0.05) is 34.6 Å². The highest BCUT2D eigenvalue weighted by Crippen LogP contribution is 2.33. The summed E-state index contributed by atoms with van der Waals surface area (Å²) < 4.78 is 6.77.